The highest BCUT2D eigenvalue weighted by molar-refractivity contribution is 7.93. The number of nitrogens with one attached hydrogen (secondary N) is 3. The molecule has 0 bridgehead atoms. The van der Waals surface area contributed by atoms with Crippen LogP contribution in [0.4, 0.5) is 5.69 Å². The first-order valence-electron chi connectivity index (χ1n) is 11.4. The number of hydrogen-bond donors (Lipinski definition) is 4. The van der Waals surface area contributed by atoms with Crippen LogP contribution >= 0.6 is 12.4 Å². The number of para-hydroxylation sites is 1. The van der Waals surface area contributed by atoms with E-state index < -0.39 is 10.0 Å². The summed E-state index contributed by atoms with van der Waals surface area (Å²) in [6, 6.07) is 20.7. The number of aromatic nitrogens is 2. The Balaban J connectivity index is 0.00000336. The second kappa shape index (κ2) is 10.5. The van der Waals surface area contributed by atoms with E-state index in [0.717, 1.165) is 10.9 Å². The molecule has 0 aliphatic heterocycles. The summed E-state index contributed by atoms with van der Waals surface area (Å²) in [5.41, 5.74) is 8.92. The van der Waals surface area contributed by atoms with E-state index in [-0.39, 0.29) is 29.0 Å². The molecular weight excluding hydrogens is 524 g/mol. The first-order valence-corrected chi connectivity index (χ1v) is 12.9. The number of aryl methyl sites for hydroxylation is 1. The number of carbonyl (C=O) groups is 1. The summed E-state index contributed by atoms with van der Waals surface area (Å²) in [7, 11) is -2.10. The molecule has 0 unspecified atom stereocenters. The lowest BCUT2D eigenvalue weighted by Gasteiger charge is -2.11. The van der Waals surface area contributed by atoms with Crippen molar-refractivity contribution in [2.24, 2.45) is 12.8 Å². The van der Waals surface area contributed by atoms with E-state index in [9.17, 15) is 13.2 Å². The Hall–Kier alpha value is -4.41. The molecule has 0 aliphatic carbocycles. The molecule has 0 spiro atoms. The number of carbonyl (C=O) groups excluding carboxylic acids is 1. The summed E-state index contributed by atoms with van der Waals surface area (Å²) >= 11 is 0. The van der Waals surface area contributed by atoms with Gasteiger partial charge in [0.25, 0.3) is 15.9 Å². The number of amides is 1. The van der Waals surface area contributed by atoms with Crippen molar-refractivity contribution in [2.75, 3.05) is 4.72 Å². The first-order chi connectivity index (χ1) is 17.7. The Labute approximate surface area is 225 Å². The van der Waals surface area contributed by atoms with Gasteiger partial charge >= 0.3 is 0 Å². The molecule has 0 aliphatic rings. The fourth-order valence-corrected chi connectivity index (χ4v) is 5.44. The van der Waals surface area contributed by atoms with Crippen LogP contribution in [0.1, 0.15) is 21.5 Å². The van der Waals surface area contributed by atoms with Crippen LogP contribution in [0.3, 0.4) is 0 Å². The molecular formula is C27H25ClN6O3S. The Morgan fingerprint density at radius 2 is 1.79 bits per heavy atom. The summed E-state index contributed by atoms with van der Waals surface area (Å²) in [4.78, 5) is 17.3. The van der Waals surface area contributed by atoms with Gasteiger partial charge in [-0.25, -0.2) is 8.42 Å². The van der Waals surface area contributed by atoms with E-state index in [0.29, 0.717) is 39.8 Å². The molecule has 0 fully saturated rings. The van der Waals surface area contributed by atoms with Gasteiger partial charge in [-0.2, -0.15) is 0 Å². The number of halogens is 1. The van der Waals surface area contributed by atoms with Gasteiger partial charge in [-0.1, -0.05) is 42.5 Å². The van der Waals surface area contributed by atoms with Gasteiger partial charge in [-0.05, 0) is 35.9 Å². The lowest BCUT2D eigenvalue weighted by Crippen LogP contribution is -2.22. The van der Waals surface area contributed by atoms with Crippen LogP contribution in [0.15, 0.2) is 90.1 Å². The average molecular weight is 549 g/mol. The fourth-order valence-electron chi connectivity index (χ4n) is 4.21. The minimum atomic E-state index is -3.90. The summed E-state index contributed by atoms with van der Waals surface area (Å²) in [5.74, 6) is -0.266. The van der Waals surface area contributed by atoms with Crippen molar-refractivity contribution in [3.8, 4) is 0 Å². The number of anilines is 1. The molecule has 0 saturated carbocycles. The summed E-state index contributed by atoms with van der Waals surface area (Å²) < 4.78 is 30.8. The van der Waals surface area contributed by atoms with E-state index >= 15 is 0 Å². The normalized spacial score (nSPS) is 11.2. The largest absolute Gasteiger partial charge is 0.384 e. The number of sulfonamides is 1. The molecule has 2 aromatic heterocycles. The molecule has 194 valence electrons. The highest BCUT2D eigenvalue weighted by Gasteiger charge is 2.20. The van der Waals surface area contributed by atoms with Crippen LogP contribution in [0.2, 0.25) is 0 Å². The van der Waals surface area contributed by atoms with Crippen LogP contribution in [0.25, 0.3) is 21.8 Å². The van der Waals surface area contributed by atoms with Crippen LogP contribution in [-0.2, 0) is 23.6 Å². The fraction of sp³-hybridized carbons (Fsp3) is 0.0741. The molecule has 11 heteroatoms. The maximum Gasteiger partial charge on any atom is 0.264 e. The second-order valence-corrected chi connectivity index (χ2v) is 10.3. The van der Waals surface area contributed by atoms with Crippen molar-refractivity contribution in [2.45, 2.75) is 11.4 Å². The number of nitrogen functional groups attached to an aromatic ring is 1. The smallest absolute Gasteiger partial charge is 0.264 e. The van der Waals surface area contributed by atoms with Crippen molar-refractivity contribution in [3.63, 3.8) is 0 Å². The third-order valence-corrected chi connectivity index (χ3v) is 7.50. The minimum absolute atomic E-state index is 0. The van der Waals surface area contributed by atoms with Crippen molar-refractivity contribution in [3.05, 3.63) is 102 Å². The topological polar surface area (TPSA) is 143 Å². The zero-order chi connectivity index (χ0) is 26.2. The number of fused-ring (bicyclic) bond motifs is 2. The van der Waals surface area contributed by atoms with Crippen molar-refractivity contribution in [1.82, 2.24) is 14.9 Å². The van der Waals surface area contributed by atoms with Crippen molar-refractivity contribution in [1.29, 1.82) is 5.41 Å². The van der Waals surface area contributed by atoms with E-state index in [1.807, 2.05) is 24.3 Å². The van der Waals surface area contributed by atoms with Gasteiger partial charge in [0, 0.05) is 42.3 Å². The van der Waals surface area contributed by atoms with E-state index in [2.05, 4.69) is 15.0 Å². The second-order valence-electron chi connectivity index (χ2n) is 8.62. The number of nitrogens with zero attached hydrogens (tertiary/aromatic N) is 2. The maximum atomic E-state index is 13.2. The molecule has 3 aromatic carbocycles. The zero-order valence-electron chi connectivity index (χ0n) is 20.3. The average Bonchev–Trinajstić information content (AvgIpc) is 3.22. The summed E-state index contributed by atoms with van der Waals surface area (Å²) in [6.45, 7) is 0.310. The SMILES string of the molecule is Cl.Cn1cc(C(=O)NCc2ccc(C(=N)N)cc2)c2ccc(NS(=O)(=O)c3cccc4cccnc34)cc21. The quantitative estimate of drug-likeness (QED) is 0.178. The number of pyridine rings is 1. The maximum absolute atomic E-state index is 13.2. The minimum Gasteiger partial charge on any atom is -0.384 e. The summed E-state index contributed by atoms with van der Waals surface area (Å²) in [6.07, 6.45) is 3.27. The molecule has 0 atom stereocenters. The lowest BCUT2D eigenvalue weighted by atomic mass is 10.1. The first kappa shape index (κ1) is 26.6. The third-order valence-electron chi connectivity index (χ3n) is 6.09. The van der Waals surface area contributed by atoms with Crippen molar-refractivity contribution < 1.29 is 13.2 Å². The molecule has 9 nitrogen and oxygen atoms in total. The molecule has 0 radical (unpaired) electrons. The van der Waals surface area contributed by atoms with Gasteiger partial charge in [0.05, 0.1) is 22.3 Å². The molecule has 0 saturated heterocycles. The molecule has 5 N–H and O–H groups in total. The number of benzene rings is 3. The number of amidine groups is 1. The van der Waals surface area contributed by atoms with Crippen LogP contribution < -0.4 is 15.8 Å². The van der Waals surface area contributed by atoms with Crippen LogP contribution in [0.5, 0.6) is 0 Å². The monoisotopic (exact) mass is 548 g/mol. The van der Waals surface area contributed by atoms with E-state index in [4.69, 9.17) is 11.1 Å². The standard InChI is InChI=1S/C27H24N6O3S.ClH/c1-33-16-22(27(34)31-15-17-7-9-19(10-8-17)26(28)29)21-12-11-20(14-23(21)33)32-37(35,36)24-6-2-4-18-5-3-13-30-25(18)24;/h2-14,16,32H,15H2,1H3,(H3,28,29)(H,31,34);1H. The number of hydrogen-bond acceptors (Lipinski definition) is 5. The van der Waals surface area contributed by atoms with Gasteiger partial charge in [0.1, 0.15) is 10.7 Å². The zero-order valence-corrected chi connectivity index (χ0v) is 21.9. The Morgan fingerprint density at radius 3 is 2.53 bits per heavy atom. The highest BCUT2D eigenvalue weighted by Crippen LogP contribution is 2.27. The molecule has 1 amide bonds. The van der Waals surface area contributed by atoms with Gasteiger partial charge < -0.3 is 15.6 Å². The van der Waals surface area contributed by atoms with Gasteiger partial charge in [0.15, 0.2) is 0 Å². The number of rotatable bonds is 7. The van der Waals surface area contributed by atoms with E-state index in [1.165, 1.54) is 6.07 Å². The van der Waals surface area contributed by atoms with Crippen LogP contribution in [0, 0.1) is 5.41 Å². The molecule has 2 heterocycles. The Kier molecular flexibility index (Phi) is 7.38. The predicted molar refractivity (Wildman–Crippen MR) is 151 cm³/mol. The Morgan fingerprint density at radius 1 is 1.05 bits per heavy atom. The summed E-state index contributed by atoms with van der Waals surface area (Å²) in [5, 5.41) is 11.8. The molecule has 38 heavy (non-hydrogen) atoms. The highest BCUT2D eigenvalue weighted by atomic mass is 35.5. The van der Waals surface area contributed by atoms with Crippen LogP contribution in [-0.4, -0.2) is 29.7 Å². The van der Waals surface area contributed by atoms with E-state index in [1.54, 1.807) is 66.5 Å². The van der Waals surface area contributed by atoms with Crippen molar-refractivity contribution >= 4 is 61.7 Å². The lowest BCUT2D eigenvalue weighted by molar-refractivity contribution is 0.0952. The van der Waals surface area contributed by atoms with Gasteiger partial charge in [-0.15, -0.1) is 12.4 Å². The third kappa shape index (κ3) is 5.17. The predicted octanol–water partition coefficient (Wildman–Crippen LogP) is 4.16. The van der Waals surface area contributed by atoms with Gasteiger partial charge in [0.2, 0.25) is 0 Å². The Bertz CT molecular complexity index is 1780. The molecule has 5 aromatic rings. The van der Waals surface area contributed by atoms with Gasteiger partial charge in [-0.3, -0.25) is 19.9 Å². The number of nitrogens with two attached hydrogens (primary N) is 1. The molecule has 5 rings (SSSR count).